The number of hydrogen-bond donors (Lipinski definition) is 2. The van der Waals surface area contributed by atoms with Crippen molar-refractivity contribution >= 4 is 17.4 Å². The van der Waals surface area contributed by atoms with Crippen LogP contribution < -0.4 is 5.73 Å². The van der Waals surface area contributed by atoms with E-state index in [1.165, 1.54) is 23.1 Å². The average molecular weight is 529 g/mol. The molecule has 0 aromatic heterocycles. The second-order valence-electron chi connectivity index (χ2n) is 12.3. The molecule has 1 heterocycles. The molecule has 4 fully saturated rings. The van der Waals surface area contributed by atoms with E-state index < -0.39 is 64.4 Å². The summed E-state index contributed by atoms with van der Waals surface area (Å²) < 4.78 is 46.2. The lowest BCUT2D eigenvalue weighted by atomic mass is 9.44. The van der Waals surface area contributed by atoms with Crippen LogP contribution in [0.25, 0.3) is 0 Å². The molecule has 3 N–H and O–H groups in total. The van der Waals surface area contributed by atoms with Gasteiger partial charge in [-0.1, -0.05) is 25.1 Å². The number of ether oxygens (including phenoxy) is 2. The predicted octanol–water partition coefficient (Wildman–Crippen LogP) is 3.44. The first-order valence-corrected chi connectivity index (χ1v) is 13.2. The van der Waals surface area contributed by atoms with Gasteiger partial charge in [0.25, 0.3) is 5.91 Å². The highest BCUT2D eigenvalue weighted by Gasteiger charge is 2.80. The van der Waals surface area contributed by atoms with Crippen molar-refractivity contribution in [2.24, 2.45) is 22.7 Å². The zero-order valence-corrected chi connectivity index (χ0v) is 22.0. The summed E-state index contributed by atoms with van der Waals surface area (Å²) in [6.45, 7) is 3.40. The quantitative estimate of drug-likeness (QED) is 0.571. The van der Waals surface area contributed by atoms with Gasteiger partial charge in [-0.15, -0.1) is 0 Å². The molecule has 1 aromatic carbocycles. The summed E-state index contributed by atoms with van der Waals surface area (Å²) >= 11 is 0. The Balaban J connectivity index is 1.46. The van der Waals surface area contributed by atoms with Gasteiger partial charge in [0.05, 0.1) is 6.10 Å². The summed E-state index contributed by atoms with van der Waals surface area (Å²) in [5.41, 5.74) is 0.920. The van der Waals surface area contributed by atoms with Crippen LogP contribution in [0.4, 0.5) is 14.5 Å². The number of hydrogen-bond acceptors (Lipinski definition) is 6. The second kappa shape index (κ2) is 7.96. The first-order valence-electron chi connectivity index (χ1n) is 13.2. The van der Waals surface area contributed by atoms with Crippen LogP contribution in [-0.4, -0.2) is 65.4 Å². The fraction of sp³-hybridized carbons (Fsp3) is 0.586. The number of likely N-dealkylation sites (N-methyl/N-ethyl adjacent to an activating group) is 1. The summed E-state index contributed by atoms with van der Waals surface area (Å²) in [6.07, 6.45) is -0.887. The number of amides is 1. The van der Waals surface area contributed by atoms with Crippen molar-refractivity contribution in [3.63, 3.8) is 0 Å². The molecule has 1 unspecified atom stereocenters. The Bertz CT molecular complexity index is 1280. The fourth-order valence-electron chi connectivity index (χ4n) is 8.50. The van der Waals surface area contributed by atoms with Gasteiger partial charge in [-0.2, -0.15) is 0 Å². The Morgan fingerprint density at radius 1 is 1.21 bits per heavy atom. The van der Waals surface area contributed by atoms with Crippen LogP contribution >= 0.6 is 0 Å². The number of benzene rings is 1. The number of ketones is 1. The van der Waals surface area contributed by atoms with Gasteiger partial charge >= 0.3 is 0 Å². The number of nitrogens with two attached hydrogens (primary N) is 1. The summed E-state index contributed by atoms with van der Waals surface area (Å²) in [5, 5.41) is 11.6. The van der Waals surface area contributed by atoms with E-state index in [4.69, 9.17) is 15.2 Å². The Morgan fingerprint density at radius 3 is 2.63 bits per heavy atom. The molecule has 1 saturated heterocycles. The second-order valence-corrected chi connectivity index (χ2v) is 12.3. The van der Waals surface area contributed by atoms with Crippen LogP contribution in [0.3, 0.4) is 0 Å². The first kappa shape index (κ1) is 25.6. The third kappa shape index (κ3) is 2.93. The van der Waals surface area contributed by atoms with Crippen molar-refractivity contribution in [1.82, 2.24) is 4.90 Å². The van der Waals surface area contributed by atoms with Crippen molar-refractivity contribution in [3.8, 4) is 0 Å². The van der Waals surface area contributed by atoms with Gasteiger partial charge in [-0.3, -0.25) is 9.59 Å². The summed E-state index contributed by atoms with van der Waals surface area (Å²) in [5.74, 6) is -2.17. The molecule has 1 amide bonds. The number of alkyl halides is 2. The van der Waals surface area contributed by atoms with E-state index in [1.54, 1.807) is 45.3 Å². The molecule has 5 aliphatic rings. The molecule has 0 bridgehead atoms. The number of aliphatic hydroxyl groups excluding tert-OH is 1. The molecule has 3 saturated carbocycles. The molecule has 1 aromatic rings. The molecule has 0 spiro atoms. The lowest BCUT2D eigenvalue weighted by molar-refractivity contribution is -0.237. The lowest BCUT2D eigenvalue weighted by Gasteiger charge is -2.63. The van der Waals surface area contributed by atoms with Gasteiger partial charge in [0.15, 0.2) is 23.3 Å². The number of fused-ring (bicyclic) bond motifs is 7. The molecule has 4 aliphatic carbocycles. The number of carbonyl (C=O) groups is 2. The van der Waals surface area contributed by atoms with E-state index in [9.17, 15) is 14.7 Å². The number of aliphatic hydroxyl groups is 1. The molecule has 9 heteroatoms. The zero-order valence-electron chi connectivity index (χ0n) is 22.0. The average Bonchev–Trinajstić information content (AvgIpc) is 3.35. The van der Waals surface area contributed by atoms with E-state index in [2.05, 4.69) is 0 Å². The minimum Gasteiger partial charge on any atom is -0.399 e. The summed E-state index contributed by atoms with van der Waals surface area (Å²) in [7, 11) is 3.25. The van der Waals surface area contributed by atoms with Crippen molar-refractivity contribution in [2.45, 2.75) is 69.0 Å². The maximum absolute atomic E-state index is 17.5. The maximum Gasteiger partial charge on any atom is 0.257 e. The molecule has 1 aliphatic heterocycles. The number of rotatable bonds is 2. The van der Waals surface area contributed by atoms with Crippen molar-refractivity contribution in [1.29, 1.82) is 0 Å². The normalized spacial score (nSPS) is 47.0. The Kier molecular flexibility index (Phi) is 5.37. The van der Waals surface area contributed by atoms with Crippen LogP contribution in [-0.2, 0) is 19.1 Å². The SMILES string of the molecule is CN(C)C(=O)[C@@]12OC(c3cccc(N)c3)O[C@@H]1C[C@H]1[C@@H]3C[C@H](F)C4=CC(=O)C=C[C@]4(C)[C@@]3(F)[C@@H](O)C[C@@]12C. The van der Waals surface area contributed by atoms with Crippen LogP contribution in [0.1, 0.15) is 45.0 Å². The minimum atomic E-state index is -2.24. The number of anilines is 1. The predicted molar refractivity (Wildman–Crippen MR) is 135 cm³/mol. The van der Waals surface area contributed by atoms with Gasteiger partial charge in [-0.25, -0.2) is 8.78 Å². The third-order valence-electron chi connectivity index (χ3n) is 10.3. The Hall–Kier alpha value is -2.62. The standard InChI is InChI=1S/C29H34F2N2O5/c1-26-9-8-17(34)11-20(26)21(30)12-19-18-13-23-29(25(36)33(3)4,27(18,2)14-22(35)28(19,26)31)38-24(37-23)15-6-5-7-16(32)10-15/h5-11,18-19,21-24,35H,12-14,32H2,1-4H3/t18-,19-,21-,22-,23+,24?,26-,27-,28-,29-/m0/s1. The van der Waals surface area contributed by atoms with Crippen LogP contribution in [0.5, 0.6) is 0 Å². The van der Waals surface area contributed by atoms with Crippen molar-refractivity contribution < 1.29 is 33.0 Å². The van der Waals surface area contributed by atoms with Crippen LogP contribution in [0.2, 0.25) is 0 Å². The number of halogens is 2. The molecular formula is C29H34F2N2O5. The molecular weight excluding hydrogens is 494 g/mol. The fourth-order valence-corrected chi connectivity index (χ4v) is 8.50. The van der Waals surface area contributed by atoms with E-state index in [0.29, 0.717) is 11.3 Å². The Labute approximate surface area is 220 Å². The van der Waals surface area contributed by atoms with E-state index in [1.807, 2.05) is 6.92 Å². The van der Waals surface area contributed by atoms with Gasteiger partial charge in [0.1, 0.15) is 12.3 Å². The van der Waals surface area contributed by atoms with E-state index >= 15 is 8.78 Å². The number of nitrogen functional groups attached to an aromatic ring is 1. The highest BCUT2D eigenvalue weighted by molar-refractivity contribution is 6.01. The van der Waals surface area contributed by atoms with Crippen LogP contribution in [0, 0.1) is 22.7 Å². The molecule has 0 radical (unpaired) electrons. The number of allylic oxidation sites excluding steroid dienone is 4. The largest absolute Gasteiger partial charge is 0.399 e. The van der Waals surface area contributed by atoms with E-state index in [-0.39, 0.29) is 30.7 Å². The van der Waals surface area contributed by atoms with Gasteiger partial charge in [-0.05, 0) is 62.0 Å². The van der Waals surface area contributed by atoms with E-state index in [0.717, 1.165) is 0 Å². The smallest absolute Gasteiger partial charge is 0.257 e. The molecule has 38 heavy (non-hydrogen) atoms. The topological polar surface area (TPSA) is 102 Å². The summed E-state index contributed by atoms with van der Waals surface area (Å²) in [4.78, 5) is 27.5. The highest BCUT2D eigenvalue weighted by atomic mass is 19.1. The highest BCUT2D eigenvalue weighted by Crippen LogP contribution is 2.72. The number of nitrogens with zero attached hydrogens (tertiary/aromatic N) is 1. The van der Waals surface area contributed by atoms with Gasteiger partial charge in [0.2, 0.25) is 0 Å². The molecule has 10 atom stereocenters. The van der Waals surface area contributed by atoms with Crippen molar-refractivity contribution in [3.05, 3.63) is 53.6 Å². The first-order chi connectivity index (χ1) is 17.8. The van der Waals surface area contributed by atoms with Gasteiger partial charge in [0, 0.05) is 42.1 Å². The number of carbonyl (C=O) groups excluding carboxylic acids is 2. The maximum atomic E-state index is 17.5. The third-order valence-corrected chi connectivity index (χ3v) is 10.3. The molecule has 6 rings (SSSR count). The molecule has 204 valence electrons. The minimum absolute atomic E-state index is 0.0675. The van der Waals surface area contributed by atoms with Gasteiger partial charge < -0.3 is 25.2 Å². The summed E-state index contributed by atoms with van der Waals surface area (Å²) in [6, 6.07) is 7.04. The lowest BCUT2D eigenvalue weighted by Crippen LogP contribution is -2.71. The monoisotopic (exact) mass is 528 g/mol. The van der Waals surface area contributed by atoms with Crippen molar-refractivity contribution in [2.75, 3.05) is 19.8 Å². The zero-order chi connectivity index (χ0) is 27.4. The molecule has 7 nitrogen and oxygen atoms in total. The Morgan fingerprint density at radius 2 is 1.95 bits per heavy atom. The van der Waals surface area contributed by atoms with Crippen LogP contribution in [0.15, 0.2) is 48.1 Å².